The van der Waals surface area contributed by atoms with E-state index in [1.807, 2.05) is 11.8 Å². The van der Waals surface area contributed by atoms with Crippen LogP contribution in [0.1, 0.15) is 38.5 Å². The molecule has 2 heterocycles. The number of hydroxylamine groups is 1. The van der Waals surface area contributed by atoms with Crippen molar-refractivity contribution in [2.75, 3.05) is 18.6 Å². The molecule has 0 amide bonds. The van der Waals surface area contributed by atoms with Gasteiger partial charge in [0.2, 0.25) is 0 Å². The minimum Gasteiger partial charge on any atom is -0.287 e. The van der Waals surface area contributed by atoms with Crippen LogP contribution in [0.3, 0.4) is 0 Å². The van der Waals surface area contributed by atoms with Gasteiger partial charge in [0.05, 0.1) is 5.25 Å². The molecule has 6 nitrogen and oxygen atoms in total. The molecule has 0 aromatic carbocycles. The summed E-state index contributed by atoms with van der Waals surface area (Å²) in [6.07, 6.45) is 7.27. The van der Waals surface area contributed by atoms with Gasteiger partial charge in [-0.05, 0) is 44.3 Å². The fourth-order valence-corrected chi connectivity index (χ4v) is 5.92. The Kier molecular flexibility index (Phi) is 5.68. The molecule has 0 bridgehead atoms. The molecule has 0 radical (unpaired) electrons. The summed E-state index contributed by atoms with van der Waals surface area (Å²) >= 11 is 2.04. The van der Waals surface area contributed by atoms with E-state index >= 15 is 0 Å². The highest BCUT2D eigenvalue weighted by Gasteiger charge is 2.36. The third-order valence-corrected chi connectivity index (χ3v) is 8.05. The van der Waals surface area contributed by atoms with Gasteiger partial charge in [0, 0.05) is 24.0 Å². The van der Waals surface area contributed by atoms with Crippen LogP contribution in [0.15, 0.2) is 0 Å². The molecule has 3 rings (SSSR count). The van der Waals surface area contributed by atoms with Gasteiger partial charge in [0.1, 0.15) is 22.4 Å². The van der Waals surface area contributed by atoms with E-state index in [4.69, 9.17) is 4.84 Å². The normalized spacial score (nSPS) is 40.1. The summed E-state index contributed by atoms with van der Waals surface area (Å²) in [6, 6.07) is 0. The molecule has 0 spiro atoms. The Labute approximate surface area is 137 Å². The Morgan fingerprint density at radius 3 is 2.64 bits per heavy atom. The summed E-state index contributed by atoms with van der Waals surface area (Å²) in [5.41, 5.74) is 3.02. The van der Waals surface area contributed by atoms with Gasteiger partial charge < -0.3 is 0 Å². The molecule has 3 fully saturated rings. The zero-order valence-electron chi connectivity index (χ0n) is 13.1. The average molecular weight is 350 g/mol. The van der Waals surface area contributed by atoms with Crippen LogP contribution in [0.4, 0.5) is 0 Å². The second kappa shape index (κ2) is 7.36. The molecule has 3 N–H and O–H groups in total. The molecule has 2 aliphatic heterocycles. The molecule has 3 unspecified atom stereocenters. The number of thioether (sulfide) groups is 1. The predicted molar refractivity (Wildman–Crippen MR) is 89.0 cm³/mol. The first-order chi connectivity index (χ1) is 10.5. The first-order valence-electron chi connectivity index (χ1n) is 8.23. The first kappa shape index (κ1) is 17.0. The summed E-state index contributed by atoms with van der Waals surface area (Å²) in [5, 5.41) is 7.45. The van der Waals surface area contributed by atoms with Gasteiger partial charge in [-0.15, -0.1) is 0 Å². The highest BCUT2D eigenvalue weighted by molar-refractivity contribution is 8.00. The lowest BCUT2D eigenvalue weighted by atomic mass is 9.87. The maximum absolute atomic E-state index is 11.6. The van der Waals surface area contributed by atoms with E-state index in [0.717, 1.165) is 32.2 Å². The molecule has 8 heteroatoms. The molecule has 2 saturated heterocycles. The van der Waals surface area contributed by atoms with Gasteiger partial charge in [-0.25, -0.2) is 8.42 Å². The van der Waals surface area contributed by atoms with Crippen molar-refractivity contribution >= 4 is 21.6 Å². The lowest BCUT2D eigenvalue weighted by Crippen LogP contribution is -2.49. The maximum atomic E-state index is 11.6. The van der Waals surface area contributed by atoms with E-state index in [9.17, 15) is 8.42 Å². The molecule has 3 atom stereocenters. The Morgan fingerprint density at radius 1 is 1.23 bits per heavy atom. The minimum atomic E-state index is -2.89. The molecule has 0 aromatic rings. The Balaban J connectivity index is 1.39. The molecule has 128 valence electrons. The third-order valence-electron chi connectivity index (χ3n) is 4.97. The zero-order chi connectivity index (χ0) is 15.6. The molecule has 1 aliphatic carbocycles. The van der Waals surface area contributed by atoms with Gasteiger partial charge in [-0.2, -0.15) is 17.2 Å². The maximum Gasteiger partial charge on any atom is 0.150 e. The van der Waals surface area contributed by atoms with Crippen LogP contribution in [-0.2, 0) is 14.7 Å². The molecule has 22 heavy (non-hydrogen) atoms. The minimum absolute atomic E-state index is 0.00108. The summed E-state index contributed by atoms with van der Waals surface area (Å²) in [5.74, 6) is 1.67. The van der Waals surface area contributed by atoms with E-state index in [-0.39, 0.29) is 17.8 Å². The summed E-state index contributed by atoms with van der Waals surface area (Å²) in [7, 11) is -2.89. The van der Waals surface area contributed by atoms with Crippen molar-refractivity contribution in [2.24, 2.45) is 5.92 Å². The van der Waals surface area contributed by atoms with Gasteiger partial charge in [-0.1, -0.05) is 0 Å². The Morgan fingerprint density at radius 2 is 2.00 bits per heavy atom. The van der Waals surface area contributed by atoms with E-state index < -0.39 is 9.84 Å². The van der Waals surface area contributed by atoms with E-state index in [0.29, 0.717) is 11.2 Å². The van der Waals surface area contributed by atoms with Crippen LogP contribution in [0, 0.1) is 5.92 Å². The lowest BCUT2D eigenvalue weighted by molar-refractivity contribution is -0.0209. The van der Waals surface area contributed by atoms with Crippen molar-refractivity contribution in [3.63, 3.8) is 0 Å². The standard InChI is InChI=1S/C14H27N3O3S2/c1-22(18,19)12-6-4-10(5-7-12)13-16-14(17-20-13)15-9-11-3-2-8-21-11/h10-17H,2-9H2,1H3. The van der Waals surface area contributed by atoms with Crippen LogP contribution < -0.4 is 16.1 Å². The highest BCUT2D eigenvalue weighted by Crippen LogP contribution is 2.31. The van der Waals surface area contributed by atoms with Crippen LogP contribution in [0.5, 0.6) is 0 Å². The number of nitrogens with one attached hydrogen (secondary N) is 3. The summed E-state index contributed by atoms with van der Waals surface area (Å²) in [4.78, 5) is 5.66. The Bertz CT molecular complexity index is 460. The van der Waals surface area contributed by atoms with Crippen LogP contribution in [0.25, 0.3) is 0 Å². The van der Waals surface area contributed by atoms with E-state index in [1.54, 1.807) is 0 Å². The number of hydrogen-bond acceptors (Lipinski definition) is 7. The topological polar surface area (TPSA) is 79.5 Å². The van der Waals surface area contributed by atoms with Crippen molar-refractivity contribution in [2.45, 2.75) is 61.5 Å². The highest BCUT2D eigenvalue weighted by atomic mass is 32.2. The monoisotopic (exact) mass is 349 g/mol. The van der Waals surface area contributed by atoms with Crippen LogP contribution >= 0.6 is 11.8 Å². The SMILES string of the molecule is CS(=O)(=O)C1CCC(C2NC(NCC3CCCS3)NO2)CC1. The van der Waals surface area contributed by atoms with Crippen molar-refractivity contribution in [1.82, 2.24) is 16.1 Å². The number of hydrogen-bond donors (Lipinski definition) is 3. The van der Waals surface area contributed by atoms with Crippen molar-refractivity contribution in [1.29, 1.82) is 0 Å². The second-order valence-corrected chi connectivity index (χ2v) is 10.4. The van der Waals surface area contributed by atoms with E-state index in [2.05, 4.69) is 16.1 Å². The summed E-state index contributed by atoms with van der Waals surface area (Å²) in [6.45, 7) is 0.992. The largest absolute Gasteiger partial charge is 0.287 e. The molecular weight excluding hydrogens is 322 g/mol. The first-order valence-corrected chi connectivity index (χ1v) is 11.2. The van der Waals surface area contributed by atoms with Crippen molar-refractivity contribution in [3.05, 3.63) is 0 Å². The molecule has 1 saturated carbocycles. The van der Waals surface area contributed by atoms with Gasteiger partial charge in [0.25, 0.3) is 0 Å². The number of rotatable bonds is 5. The van der Waals surface area contributed by atoms with E-state index in [1.165, 1.54) is 24.9 Å². The molecule has 3 aliphatic rings. The van der Waals surface area contributed by atoms with Crippen molar-refractivity contribution < 1.29 is 13.3 Å². The average Bonchev–Trinajstić information content (AvgIpc) is 3.16. The zero-order valence-corrected chi connectivity index (χ0v) is 14.7. The van der Waals surface area contributed by atoms with Gasteiger partial charge in [-0.3, -0.25) is 15.5 Å². The van der Waals surface area contributed by atoms with Crippen LogP contribution in [-0.4, -0.2) is 50.0 Å². The predicted octanol–water partition coefficient (Wildman–Crippen LogP) is 0.809. The van der Waals surface area contributed by atoms with Crippen LogP contribution in [0.2, 0.25) is 0 Å². The van der Waals surface area contributed by atoms with Gasteiger partial charge >= 0.3 is 0 Å². The number of sulfone groups is 1. The third kappa shape index (κ3) is 4.36. The smallest absolute Gasteiger partial charge is 0.150 e. The fraction of sp³-hybridized carbons (Fsp3) is 1.00. The second-order valence-electron chi connectivity index (χ2n) is 6.67. The molecule has 0 aromatic heterocycles. The van der Waals surface area contributed by atoms with Crippen molar-refractivity contribution in [3.8, 4) is 0 Å². The quantitative estimate of drug-likeness (QED) is 0.678. The Hall–Kier alpha value is 0.140. The summed E-state index contributed by atoms with van der Waals surface area (Å²) < 4.78 is 23.2. The van der Waals surface area contributed by atoms with Gasteiger partial charge in [0.15, 0.2) is 0 Å². The fourth-order valence-electron chi connectivity index (χ4n) is 3.58. The molecular formula is C14H27N3O3S2. The lowest BCUT2D eigenvalue weighted by Gasteiger charge is -2.30.